The van der Waals surface area contributed by atoms with Crippen molar-refractivity contribution in [2.75, 3.05) is 5.32 Å². The number of aromatic nitrogens is 2. The Labute approximate surface area is 178 Å². The fourth-order valence-electron chi connectivity index (χ4n) is 2.38. The Kier molecular flexibility index (Phi) is 6.10. The predicted octanol–water partition coefficient (Wildman–Crippen LogP) is 5.71. The van der Waals surface area contributed by atoms with Crippen LogP contribution in [0, 0.1) is 10.1 Å². The molecule has 0 unspecified atom stereocenters. The normalized spacial score (nSPS) is 10.7. The van der Waals surface area contributed by atoms with Crippen molar-refractivity contribution in [1.82, 2.24) is 9.78 Å². The lowest BCUT2D eigenvalue weighted by Gasteiger charge is -2.07. The molecule has 144 valence electrons. The molecule has 0 fully saturated rings. The molecule has 3 aromatic rings. The van der Waals surface area contributed by atoms with Gasteiger partial charge in [-0.2, -0.15) is 5.10 Å². The van der Waals surface area contributed by atoms with Gasteiger partial charge in [0.15, 0.2) is 5.82 Å². The molecular formula is C17H10Cl4N4O3. The van der Waals surface area contributed by atoms with Crippen LogP contribution in [0.25, 0.3) is 0 Å². The molecule has 0 aliphatic carbocycles. The van der Waals surface area contributed by atoms with E-state index in [2.05, 4.69) is 10.4 Å². The van der Waals surface area contributed by atoms with Crippen LogP contribution in [0.2, 0.25) is 20.1 Å². The SMILES string of the molecule is O=C(Nc1nn(Cc2c(Cl)cccc2Cl)cc1Cl)c1ccc(Cl)c([N+](=O)[O-])c1. The lowest BCUT2D eigenvalue weighted by Crippen LogP contribution is -2.13. The summed E-state index contributed by atoms with van der Waals surface area (Å²) in [5.74, 6) is -0.532. The molecule has 3 rings (SSSR count). The molecule has 0 spiro atoms. The molecule has 2 aromatic carbocycles. The second-order valence-corrected chi connectivity index (χ2v) is 7.23. The van der Waals surface area contributed by atoms with Gasteiger partial charge in [0, 0.05) is 33.4 Å². The number of nitrogens with zero attached hydrogens (tertiary/aromatic N) is 3. The standard InChI is InChI=1S/C17H10Cl4N4O3/c18-11-2-1-3-12(19)10(11)7-24-8-14(21)16(23-24)22-17(26)9-4-5-13(20)15(6-9)25(27)28/h1-6,8H,7H2,(H,22,23,26). The Morgan fingerprint density at radius 3 is 2.39 bits per heavy atom. The van der Waals surface area contributed by atoms with Gasteiger partial charge in [0.1, 0.15) is 10.0 Å². The molecule has 0 atom stereocenters. The number of carbonyl (C=O) groups excluding carboxylic acids is 1. The summed E-state index contributed by atoms with van der Waals surface area (Å²) in [6.07, 6.45) is 1.50. The first-order valence-electron chi connectivity index (χ1n) is 7.67. The van der Waals surface area contributed by atoms with Gasteiger partial charge in [0.25, 0.3) is 11.6 Å². The van der Waals surface area contributed by atoms with Crippen molar-refractivity contribution in [2.24, 2.45) is 0 Å². The topological polar surface area (TPSA) is 90.1 Å². The molecule has 1 N–H and O–H groups in total. The van der Waals surface area contributed by atoms with Gasteiger partial charge in [-0.05, 0) is 24.3 Å². The maximum Gasteiger partial charge on any atom is 0.288 e. The second-order valence-electron chi connectivity index (χ2n) is 5.60. The lowest BCUT2D eigenvalue weighted by molar-refractivity contribution is -0.384. The third-order valence-electron chi connectivity index (χ3n) is 3.74. The number of nitrogens with one attached hydrogen (secondary N) is 1. The third-order valence-corrected chi connectivity index (χ3v) is 5.04. The van der Waals surface area contributed by atoms with Gasteiger partial charge in [-0.25, -0.2) is 0 Å². The highest BCUT2D eigenvalue weighted by Gasteiger charge is 2.18. The number of rotatable bonds is 5. The minimum atomic E-state index is -0.672. The van der Waals surface area contributed by atoms with Crippen LogP contribution in [-0.4, -0.2) is 20.6 Å². The molecule has 1 aromatic heterocycles. The first-order valence-corrected chi connectivity index (χ1v) is 9.18. The number of nitro benzene ring substituents is 1. The Hall–Kier alpha value is -2.32. The van der Waals surface area contributed by atoms with Crippen LogP contribution in [0.3, 0.4) is 0 Å². The van der Waals surface area contributed by atoms with E-state index in [0.29, 0.717) is 15.6 Å². The van der Waals surface area contributed by atoms with Gasteiger partial charge >= 0.3 is 0 Å². The Morgan fingerprint density at radius 2 is 1.75 bits per heavy atom. The lowest BCUT2D eigenvalue weighted by atomic mass is 10.2. The smallest absolute Gasteiger partial charge is 0.288 e. The number of nitro groups is 1. The van der Waals surface area contributed by atoms with Gasteiger partial charge in [-0.1, -0.05) is 52.5 Å². The van der Waals surface area contributed by atoms with E-state index < -0.39 is 10.8 Å². The van der Waals surface area contributed by atoms with Crippen LogP contribution in [-0.2, 0) is 6.54 Å². The summed E-state index contributed by atoms with van der Waals surface area (Å²) in [6.45, 7) is 0.237. The second kappa shape index (κ2) is 8.36. The Balaban J connectivity index is 1.81. The van der Waals surface area contributed by atoms with Crippen LogP contribution in [0.1, 0.15) is 15.9 Å². The number of amides is 1. The van der Waals surface area contributed by atoms with E-state index in [9.17, 15) is 14.9 Å². The van der Waals surface area contributed by atoms with Crippen molar-refractivity contribution in [3.63, 3.8) is 0 Å². The molecule has 1 amide bonds. The molecule has 7 nitrogen and oxygen atoms in total. The van der Waals surface area contributed by atoms with Crippen molar-refractivity contribution in [3.8, 4) is 0 Å². The molecule has 0 saturated heterocycles. The number of halogens is 4. The fourth-order valence-corrected chi connectivity index (χ4v) is 3.28. The van der Waals surface area contributed by atoms with Crippen LogP contribution in [0.15, 0.2) is 42.6 Å². The fraction of sp³-hybridized carbons (Fsp3) is 0.0588. The summed E-state index contributed by atoms with van der Waals surface area (Å²) in [4.78, 5) is 22.7. The third kappa shape index (κ3) is 4.39. The van der Waals surface area contributed by atoms with Crippen molar-refractivity contribution < 1.29 is 9.72 Å². The van der Waals surface area contributed by atoms with Crippen molar-refractivity contribution in [1.29, 1.82) is 0 Å². The number of hydrogen-bond donors (Lipinski definition) is 1. The monoisotopic (exact) mass is 458 g/mol. The summed E-state index contributed by atoms with van der Waals surface area (Å²) in [7, 11) is 0. The Bertz CT molecular complexity index is 1060. The summed E-state index contributed by atoms with van der Waals surface area (Å²) in [5.41, 5.74) is 0.311. The maximum absolute atomic E-state index is 12.4. The molecule has 0 aliphatic rings. The van der Waals surface area contributed by atoms with Crippen molar-refractivity contribution in [2.45, 2.75) is 6.54 Å². The number of benzene rings is 2. The molecule has 0 radical (unpaired) electrons. The zero-order chi connectivity index (χ0) is 20.4. The van der Waals surface area contributed by atoms with Crippen LogP contribution < -0.4 is 5.32 Å². The zero-order valence-corrected chi connectivity index (χ0v) is 16.9. The van der Waals surface area contributed by atoms with Crippen LogP contribution in [0.5, 0.6) is 0 Å². The minimum absolute atomic E-state index is 0.0378. The summed E-state index contributed by atoms with van der Waals surface area (Å²) in [6, 6.07) is 8.83. The zero-order valence-electron chi connectivity index (χ0n) is 13.8. The molecule has 0 bridgehead atoms. The van der Waals surface area contributed by atoms with Crippen LogP contribution >= 0.6 is 46.4 Å². The molecular weight excluding hydrogens is 450 g/mol. The largest absolute Gasteiger partial charge is 0.304 e. The van der Waals surface area contributed by atoms with Gasteiger partial charge in [0.05, 0.1) is 11.5 Å². The average Bonchev–Trinajstić information content (AvgIpc) is 2.97. The maximum atomic E-state index is 12.4. The molecule has 0 aliphatic heterocycles. The first-order chi connectivity index (χ1) is 13.3. The highest BCUT2D eigenvalue weighted by atomic mass is 35.5. The predicted molar refractivity (Wildman–Crippen MR) is 109 cm³/mol. The number of carbonyl (C=O) groups is 1. The first kappa shape index (κ1) is 20.4. The molecule has 28 heavy (non-hydrogen) atoms. The van der Waals surface area contributed by atoms with E-state index in [1.807, 2.05) is 0 Å². The van der Waals surface area contributed by atoms with E-state index in [1.165, 1.54) is 23.0 Å². The Morgan fingerprint density at radius 1 is 1.07 bits per heavy atom. The summed E-state index contributed by atoms with van der Waals surface area (Å²) < 4.78 is 1.47. The summed E-state index contributed by atoms with van der Waals surface area (Å²) >= 11 is 24.2. The number of hydrogen-bond acceptors (Lipinski definition) is 4. The molecule has 1 heterocycles. The summed E-state index contributed by atoms with van der Waals surface area (Å²) in [5, 5.41) is 18.7. The average molecular weight is 460 g/mol. The van der Waals surface area contributed by atoms with Crippen LogP contribution in [0.4, 0.5) is 11.5 Å². The molecule has 0 saturated carbocycles. The van der Waals surface area contributed by atoms with Gasteiger partial charge in [-0.15, -0.1) is 0 Å². The van der Waals surface area contributed by atoms with Gasteiger partial charge in [-0.3, -0.25) is 19.6 Å². The van der Waals surface area contributed by atoms with E-state index in [4.69, 9.17) is 46.4 Å². The van der Waals surface area contributed by atoms with E-state index in [0.717, 1.165) is 6.07 Å². The van der Waals surface area contributed by atoms with Gasteiger partial charge < -0.3 is 5.32 Å². The van der Waals surface area contributed by atoms with Crippen molar-refractivity contribution >= 4 is 63.8 Å². The van der Waals surface area contributed by atoms with E-state index in [1.54, 1.807) is 18.2 Å². The number of anilines is 1. The quantitative estimate of drug-likeness (QED) is 0.391. The minimum Gasteiger partial charge on any atom is -0.304 e. The van der Waals surface area contributed by atoms with E-state index >= 15 is 0 Å². The van der Waals surface area contributed by atoms with E-state index in [-0.39, 0.29) is 33.7 Å². The molecule has 11 heteroatoms. The highest BCUT2D eigenvalue weighted by molar-refractivity contribution is 6.36. The highest BCUT2D eigenvalue weighted by Crippen LogP contribution is 2.28. The van der Waals surface area contributed by atoms with Gasteiger partial charge in [0.2, 0.25) is 0 Å². The van der Waals surface area contributed by atoms with Crippen molar-refractivity contribution in [3.05, 3.63) is 83.9 Å².